The van der Waals surface area contributed by atoms with E-state index in [-0.39, 0.29) is 17.9 Å². The van der Waals surface area contributed by atoms with E-state index in [2.05, 4.69) is 33.1 Å². The molecule has 0 heterocycles. The van der Waals surface area contributed by atoms with Crippen molar-refractivity contribution in [2.45, 2.75) is 13.5 Å². The van der Waals surface area contributed by atoms with E-state index in [9.17, 15) is 14.9 Å². The molecule has 33 heavy (non-hydrogen) atoms. The van der Waals surface area contributed by atoms with Gasteiger partial charge in [-0.25, -0.2) is 4.79 Å². The molecule has 2 N–H and O–H groups in total. The summed E-state index contributed by atoms with van der Waals surface area (Å²) in [6.45, 7) is 2.57. The highest BCUT2D eigenvalue weighted by molar-refractivity contribution is 14.1. The van der Waals surface area contributed by atoms with E-state index in [4.69, 9.17) is 14.6 Å². The predicted molar refractivity (Wildman–Crippen MR) is 132 cm³/mol. The Morgan fingerprint density at radius 2 is 1.85 bits per heavy atom. The number of nitro groups is 1. The Morgan fingerprint density at radius 3 is 2.45 bits per heavy atom. The monoisotopic (exact) mass is 561 g/mol. The summed E-state index contributed by atoms with van der Waals surface area (Å²) < 4.78 is 12.5. The molecule has 0 aliphatic heterocycles. The van der Waals surface area contributed by atoms with Gasteiger partial charge in [-0.3, -0.25) is 15.5 Å². The molecule has 0 saturated heterocycles. The SMILES string of the molecule is CCOc1cc(/C=N\Nc2ccc([N+](=O)[O-])cc2)cc(I)c1OCc1ccc(C(=O)O)cc1. The van der Waals surface area contributed by atoms with Crippen LogP contribution in [0.3, 0.4) is 0 Å². The second-order valence-corrected chi connectivity index (χ2v) is 7.89. The molecule has 0 aliphatic carbocycles. The van der Waals surface area contributed by atoms with Crippen LogP contribution in [0.15, 0.2) is 65.8 Å². The second-order valence-electron chi connectivity index (χ2n) is 6.73. The number of halogens is 1. The molecule has 3 rings (SSSR count). The van der Waals surface area contributed by atoms with Crippen LogP contribution in [-0.2, 0) is 6.61 Å². The standard InChI is InChI=1S/C23H20IN3O6/c1-2-32-21-12-16(13-25-26-18-7-9-19(10-8-18)27(30)31)11-20(24)22(21)33-14-15-3-5-17(6-4-15)23(28)29/h3-13,26H,2,14H2,1H3,(H,28,29)/b25-13-. The van der Waals surface area contributed by atoms with Crippen LogP contribution in [0.25, 0.3) is 0 Å². The summed E-state index contributed by atoms with van der Waals surface area (Å²) in [7, 11) is 0. The van der Waals surface area contributed by atoms with E-state index in [0.29, 0.717) is 23.8 Å². The van der Waals surface area contributed by atoms with Gasteiger partial charge in [-0.15, -0.1) is 0 Å². The topological polar surface area (TPSA) is 123 Å². The van der Waals surface area contributed by atoms with Gasteiger partial charge >= 0.3 is 5.97 Å². The second kappa shape index (κ2) is 11.3. The highest BCUT2D eigenvalue weighted by Gasteiger charge is 2.13. The summed E-state index contributed by atoms with van der Waals surface area (Å²) in [5, 5.41) is 23.9. The number of nitrogens with one attached hydrogen (secondary N) is 1. The number of hydrogen-bond acceptors (Lipinski definition) is 7. The van der Waals surface area contributed by atoms with Crippen LogP contribution in [0.4, 0.5) is 11.4 Å². The zero-order valence-electron chi connectivity index (χ0n) is 17.5. The molecule has 0 bridgehead atoms. The average Bonchev–Trinajstić information content (AvgIpc) is 2.79. The maximum Gasteiger partial charge on any atom is 0.335 e. The van der Waals surface area contributed by atoms with Gasteiger partial charge in [0, 0.05) is 12.1 Å². The third-order valence-corrected chi connectivity index (χ3v) is 5.20. The highest BCUT2D eigenvalue weighted by Crippen LogP contribution is 2.34. The third kappa shape index (κ3) is 6.65. The van der Waals surface area contributed by atoms with Gasteiger partial charge in [-0.2, -0.15) is 5.10 Å². The molecule has 10 heteroatoms. The van der Waals surface area contributed by atoms with Crippen molar-refractivity contribution in [3.05, 3.63) is 91.0 Å². The number of carbonyl (C=O) groups is 1. The Hall–Kier alpha value is -3.67. The zero-order valence-corrected chi connectivity index (χ0v) is 19.7. The number of nitro benzene ring substituents is 1. The van der Waals surface area contributed by atoms with Crippen LogP contribution in [0.2, 0.25) is 0 Å². The van der Waals surface area contributed by atoms with E-state index in [1.807, 2.05) is 13.0 Å². The largest absolute Gasteiger partial charge is 0.490 e. The number of nitrogens with zero attached hydrogens (tertiary/aromatic N) is 2. The first-order valence-electron chi connectivity index (χ1n) is 9.82. The Morgan fingerprint density at radius 1 is 1.15 bits per heavy atom. The molecule has 9 nitrogen and oxygen atoms in total. The smallest absolute Gasteiger partial charge is 0.335 e. The molecule has 0 spiro atoms. The van der Waals surface area contributed by atoms with Crippen molar-refractivity contribution in [2.75, 3.05) is 12.0 Å². The van der Waals surface area contributed by atoms with Crippen molar-refractivity contribution in [1.82, 2.24) is 0 Å². The number of hydrazone groups is 1. The molecular weight excluding hydrogens is 541 g/mol. The maximum atomic E-state index is 11.0. The van der Waals surface area contributed by atoms with Crippen LogP contribution in [0.5, 0.6) is 11.5 Å². The van der Waals surface area contributed by atoms with Crippen molar-refractivity contribution in [3.63, 3.8) is 0 Å². The van der Waals surface area contributed by atoms with E-state index in [1.165, 1.54) is 24.3 Å². The number of non-ortho nitro benzene ring substituents is 1. The molecule has 0 radical (unpaired) electrons. The first kappa shape index (κ1) is 24.0. The van der Waals surface area contributed by atoms with Crippen LogP contribution in [0.1, 0.15) is 28.4 Å². The fourth-order valence-electron chi connectivity index (χ4n) is 2.80. The Bertz CT molecular complexity index is 1160. The molecule has 0 atom stereocenters. The van der Waals surface area contributed by atoms with Crippen LogP contribution >= 0.6 is 22.6 Å². The number of ether oxygens (including phenoxy) is 2. The van der Waals surface area contributed by atoms with Crippen LogP contribution in [0, 0.1) is 13.7 Å². The molecular formula is C23H20IN3O6. The van der Waals surface area contributed by atoms with Gasteiger partial charge in [-0.05, 0) is 77.0 Å². The number of hydrogen-bond donors (Lipinski definition) is 2. The van der Waals surface area contributed by atoms with Crippen molar-refractivity contribution >= 4 is 46.1 Å². The molecule has 0 fully saturated rings. The van der Waals surface area contributed by atoms with E-state index in [0.717, 1.165) is 14.7 Å². The number of anilines is 1. The lowest BCUT2D eigenvalue weighted by Crippen LogP contribution is -2.03. The van der Waals surface area contributed by atoms with Crippen LogP contribution < -0.4 is 14.9 Å². The summed E-state index contributed by atoms with van der Waals surface area (Å²) in [5.41, 5.74) is 5.28. The maximum absolute atomic E-state index is 11.0. The van der Waals surface area contributed by atoms with Gasteiger partial charge < -0.3 is 14.6 Å². The van der Waals surface area contributed by atoms with E-state index >= 15 is 0 Å². The minimum atomic E-state index is -0.976. The fourth-order valence-corrected chi connectivity index (χ4v) is 3.58. The Labute approximate surface area is 203 Å². The molecule has 0 aliphatic rings. The number of carboxylic acid groups (broad SMARTS) is 1. The summed E-state index contributed by atoms with van der Waals surface area (Å²) in [6.07, 6.45) is 1.61. The summed E-state index contributed by atoms with van der Waals surface area (Å²) in [5.74, 6) is 0.166. The summed E-state index contributed by atoms with van der Waals surface area (Å²) in [6, 6.07) is 16.1. The summed E-state index contributed by atoms with van der Waals surface area (Å²) >= 11 is 2.15. The number of carboxylic acids is 1. The Kier molecular flexibility index (Phi) is 8.19. The molecule has 0 amide bonds. The predicted octanol–water partition coefficient (Wildman–Crippen LogP) is 5.32. The van der Waals surface area contributed by atoms with Gasteiger partial charge in [0.05, 0.1) is 32.6 Å². The minimum Gasteiger partial charge on any atom is -0.490 e. The molecule has 170 valence electrons. The van der Waals surface area contributed by atoms with Gasteiger partial charge in [0.1, 0.15) is 6.61 Å². The van der Waals surface area contributed by atoms with Crippen molar-refractivity contribution in [1.29, 1.82) is 0 Å². The lowest BCUT2D eigenvalue weighted by atomic mass is 10.1. The lowest BCUT2D eigenvalue weighted by molar-refractivity contribution is -0.384. The first-order valence-corrected chi connectivity index (χ1v) is 10.9. The lowest BCUT2D eigenvalue weighted by Gasteiger charge is -2.15. The molecule has 0 aromatic heterocycles. The highest BCUT2D eigenvalue weighted by atomic mass is 127. The first-order chi connectivity index (χ1) is 15.9. The Balaban J connectivity index is 1.71. The van der Waals surface area contributed by atoms with Crippen molar-refractivity contribution in [3.8, 4) is 11.5 Å². The van der Waals surface area contributed by atoms with E-state index in [1.54, 1.807) is 36.5 Å². The van der Waals surface area contributed by atoms with Gasteiger partial charge in [0.15, 0.2) is 11.5 Å². The molecule has 0 unspecified atom stereocenters. The molecule has 3 aromatic carbocycles. The zero-order chi connectivity index (χ0) is 23.8. The van der Waals surface area contributed by atoms with Crippen LogP contribution in [-0.4, -0.2) is 28.8 Å². The average molecular weight is 561 g/mol. The third-order valence-electron chi connectivity index (χ3n) is 4.40. The fraction of sp³-hybridized carbons (Fsp3) is 0.130. The van der Waals surface area contributed by atoms with Gasteiger partial charge in [0.2, 0.25) is 0 Å². The summed E-state index contributed by atoms with van der Waals surface area (Å²) in [4.78, 5) is 21.3. The number of aromatic carboxylic acids is 1. The normalized spacial score (nSPS) is 10.7. The molecule has 0 saturated carbocycles. The van der Waals surface area contributed by atoms with Gasteiger partial charge in [-0.1, -0.05) is 12.1 Å². The minimum absolute atomic E-state index is 0.00820. The van der Waals surface area contributed by atoms with Crippen molar-refractivity contribution in [2.24, 2.45) is 5.10 Å². The number of benzene rings is 3. The van der Waals surface area contributed by atoms with Crippen molar-refractivity contribution < 1.29 is 24.3 Å². The number of rotatable bonds is 10. The van der Waals surface area contributed by atoms with Gasteiger partial charge in [0.25, 0.3) is 5.69 Å². The molecule has 3 aromatic rings. The quantitative estimate of drug-likeness (QED) is 0.149. The van der Waals surface area contributed by atoms with E-state index < -0.39 is 10.9 Å².